The molecule has 0 spiro atoms. The van der Waals surface area contributed by atoms with Gasteiger partial charge in [-0.25, -0.2) is 15.0 Å². The molecule has 51 heavy (non-hydrogen) atoms. The van der Waals surface area contributed by atoms with Gasteiger partial charge in [0.2, 0.25) is 0 Å². The molecule has 2 aromatic heterocycles. The van der Waals surface area contributed by atoms with Crippen molar-refractivity contribution >= 4 is 12.9 Å². The van der Waals surface area contributed by atoms with E-state index in [0.29, 0.717) is 17.5 Å². The van der Waals surface area contributed by atoms with Crippen molar-refractivity contribution in [3.8, 4) is 67.7 Å². The van der Waals surface area contributed by atoms with Crippen LogP contribution in [-0.2, 0) is 4.65 Å². The van der Waals surface area contributed by atoms with Crippen molar-refractivity contribution in [1.82, 2.24) is 19.9 Å². The van der Waals surface area contributed by atoms with Crippen molar-refractivity contribution < 1.29 is 9.76 Å². The van der Waals surface area contributed by atoms with Crippen molar-refractivity contribution in [3.05, 3.63) is 152 Å². The van der Waals surface area contributed by atoms with Crippen LogP contribution in [0.4, 0.5) is 0 Å². The first kappa shape index (κ1) is 33.7. The second kappa shape index (κ2) is 14.2. The maximum Gasteiger partial charge on any atom is 0.330 e. The van der Waals surface area contributed by atoms with Crippen molar-refractivity contribution in [2.45, 2.75) is 38.9 Å². The predicted octanol–water partition coefficient (Wildman–Crippen LogP) is 9.08. The molecule has 249 valence electrons. The van der Waals surface area contributed by atoms with E-state index in [1.54, 1.807) is 21.3 Å². The van der Waals surface area contributed by atoms with E-state index in [2.05, 4.69) is 66.7 Å². The van der Waals surface area contributed by atoms with Crippen LogP contribution in [0.3, 0.4) is 0 Å². The molecule has 1 radical (unpaired) electrons. The summed E-state index contributed by atoms with van der Waals surface area (Å²) < 4.78 is 5.92. The van der Waals surface area contributed by atoms with Gasteiger partial charge >= 0.3 is 7.48 Å². The topological polar surface area (TPSA) is 81.0 Å². The lowest BCUT2D eigenvalue weighted by molar-refractivity contribution is -0.0893. The molecule has 1 N–H and O–H groups in total. The molecule has 2 heterocycles. The van der Waals surface area contributed by atoms with Gasteiger partial charge in [0.25, 0.3) is 0 Å². The van der Waals surface area contributed by atoms with Gasteiger partial charge in [-0.05, 0) is 80.3 Å². The standard InChI is InChI=1S/C44H38BN4O2/c1-43(2,50)44(3,4)51-45-38-23-20-32(21-24-38)39-25-22-34(29-46-39)41-47-40(33-18-12-7-13-19-33)48-42(49-41)37-27-35(30-14-8-5-9-15-30)26-36(28-37)31-16-10-6-11-17-31/h5-29,50H,1-4H3. The van der Waals surface area contributed by atoms with Crippen LogP contribution in [0.1, 0.15) is 27.7 Å². The second-order valence-corrected chi connectivity index (χ2v) is 13.6. The maximum absolute atomic E-state index is 10.4. The SMILES string of the molecule is CC(C)(O)C(C)(C)O[B]c1ccc(-c2ccc(-c3nc(-c4ccccc4)nc(-c4cc(-c5ccccc5)cc(-c5ccccc5)c4)n3)cn2)cc1. The van der Waals surface area contributed by atoms with Gasteiger partial charge in [0.1, 0.15) is 0 Å². The summed E-state index contributed by atoms with van der Waals surface area (Å²) in [5.74, 6) is 1.72. The fourth-order valence-corrected chi connectivity index (χ4v) is 5.49. The summed E-state index contributed by atoms with van der Waals surface area (Å²) in [6.07, 6.45) is 1.81. The Hall–Kier alpha value is -5.76. The molecule has 7 heteroatoms. The molecular weight excluding hydrogens is 627 g/mol. The van der Waals surface area contributed by atoms with Crippen LogP contribution in [0.15, 0.2) is 152 Å². The van der Waals surface area contributed by atoms with Crippen LogP contribution in [0.25, 0.3) is 67.7 Å². The molecule has 0 atom stereocenters. The first-order chi connectivity index (χ1) is 24.6. The van der Waals surface area contributed by atoms with E-state index >= 15 is 0 Å². The first-order valence-electron chi connectivity index (χ1n) is 17.0. The van der Waals surface area contributed by atoms with Crippen LogP contribution >= 0.6 is 0 Å². The van der Waals surface area contributed by atoms with Gasteiger partial charge in [-0.1, -0.05) is 121 Å². The van der Waals surface area contributed by atoms with Crippen LogP contribution < -0.4 is 5.46 Å². The summed E-state index contributed by atoms with van der Waals surface area (Å²) in [7, 11) is 1.68. The number of pyridine rings is 1. The molecule has 0 aliphatic rings. The highest BCUT2D eigenvalue weighted by atomic mass is 16.5. The zero-order chi connectivity index (χ0) is 35.4. The molecule has 0 fully saturated rings. The fourth-order valence-electron chi connectivity index (χ4n) is 5.49. The Morgan fingerprint density at radius 2 is 0.922 bits per heavy atom. The van der Waals surface area contributed by atoms with E-state index in [1.165, 1.54) is 0 Å². The Morgan fingerprint density at radius 1 is 0.471 bits per heavy atom. The average molecular weight is 666 g/mol. The van der Waals surface area contributed by atoms with E-state index in [4.69, 9.17) is 24.6 Å². The van der Waals surface area contributed by atoms with E-state index < -0.39 is 11.2 Å². The maximum atomic E-state index is 10.4. The molecular formula is C44H38BN4O2. The Balaban J connectivity index is 1.24. The summed E-state index contributed by atoms with van der Waals surface area (Å²) in [6.45, 7) is 7.21. The monoisotopic (exact) mass is 665 g/mol. The van der Waals surface area contributed by atoms with Gasteiger partial charge in [0, 0.05) is 28.5 Å². The third-order valence-corrected chi connectivity index (χ3v) is 9.26. The smallest absolute Gasteiger partial charge is 0.330 e. The number of hydrogen-bond donors (Lipinski definition) is 1. The Kier molecular flexibility index (Phi) is 9.41. The summed E-state index contributed by atoms with van der Waals surface area (Å²) in [6, 6.07) is 49.2. The minimum absolute atomic E-state index is 0.542. The molecule has 0 aliphatic heterocycles. The Labute approximate surface area is 300 Å². The molecule has 0 saturated heterocycles. The van der Waals surface area contributed by atoms with Crippen LogP contribution in [0, 0.1) is 0 Å². The second-order valence-electron chi connectivity index (χ2n) is 13.6. The quantitative estimate of drug-likeness (QED) is 0.147. The highest BCUT2D eigenvalue weighted by Crippen LogP contribution is 2.33. The molecule has 0 amide bonds. The van der Waals surface area contributed by atoms with Gasteiger partial charge in [0.05, 0.1) is 16.9 Å². The highest BCUT2D eigenvalue weighted by Gasteiger charge is 2.35. The summed E-state index contributed by atoms with van der Waals surface area (Å²) in [4.78, 5) is 19.8. The van der Waals surface area contributed by atoms with Gasteiger partial charge in [-0.2, -0.15) is 0 Å². The number of nitrogens with zero attached hydrogens (tertiary/aromatic N) is 4. The van der Waals surface area contributed by atoms with Crippen LogP contribution in [0.2, 0.25) is 0 Å². The third kappa shape index (κ3) is 7.70. The molecule has 0 aliphatic carbocycles. The van der Waals surface area contributed by atoms with Crippen molar-refractivity contribution in [2.75, 3.05) is 0 Å². The van der Waals surface area contributed by atoms with E-state index in [-0.39, 0.29) is 0 Å². The predicted molar refractivity (Wildman–Crippen MR) is 207 cm³/mol. The molecule has 0 bridgehead atoms. The van der Waals surface area contributed by atoms with Crippen molar-refractivity contribution in [1.29, 1.82) is 0 Å². The zero-order valence-corrected chi connectivity index (χ0v) is 29.2. The van der Waals surface area contributed by atoms with E-state index in [9.17, 15) is 5.11 Å². The average Bonchev–Trinajstić information content (AvgIpc) is 3.17. The normalized spacial score (nSPS) is 11.7. The summed E-state index contributed by atoms with van der Waals surface area (Å²) >= 11 is 0. The minimum atomic E-state index is -0.992. The number of rotatable bonds is 10. The van der Waals surface area contributed by atoms with Gasteiger partial charge in [0.15, 0.2) is 17.5 Å². The summed E-state index contributed by atoms with van der Waals surface area (Å²) in [5.41, 5.74) is 7.93. The largest absolute Gasteiger partial charge is 0.427 e. The lowest BCUT2D eigenvalue weighted by Gasteiger charge is -2.37. The Bertz CT molecular complexity index is 2180. The number of aliphatic hydroxyl groups is 1. The van der Waals surface area contributed by atoms with Gasteiger partial charge in [-0.3, -0.25) is 4.98 Å². The molecule has 0 unspecified atom stereocenters. The third-order valence-electron chi connectivity index (χ3n) is 9.26. The molecule has 7 aromatic rings. The molecule has 5 aromatic carbocycles. The highest BCUT2D eigenvalue weighted by molar-refractivity contribution is 6.47. The lowest BCUT2D eigenvalue weighted by atomic mass is 9.82. The number of aromatic nitrogens is 4. The van der Waals surface area contributed by atoms with Crippen molar-refractivity contribution in [3.63, 3.8) is 0 Å². The van der Waals surface area contributed by atoms with Gasteiger partial charge in [-0.15, -0.1) is 0 Å². The van der Waals surface area contributed by atoms with Crippen LogP contribution in [-0.4, -0.2) is 43.7 Å². The van der Waals surface area contributed by atoms with Crippen molar-refractivity contribution in [2.24, 2.45) is 0 Å². The number of hydrogen-bond acceptors (Lipinski definition) is 6. The zero-order valence-electron chi connectivity index (χ0n) is 29.2. The number of benzene rings is 5. The molecule has 6 nitrogen and oxygen atoms in total. The van der Waals surface area contributed by atoms with Gasteiger partial charge < -0.3 is 9.76 Å². The lowest BCUT2D eigenvalue weighted by Crippen LogP contribution is -2.49. The fraction of sp³-hybridized carbons (Fsp3) is 0.136. The molecule has 0 saturated carbocycles. The Morgan fingerprint density at radius 3 is 1.41 bits per heavy atom. The first-order valence-corrected chi connectivity index (χ1v) is 17.0. The minimum Gasteiger partial charge on any atom is -0.427 e. The van der Waals surface area contributed by atoms with Crippen LogP contribution in [0.5, 0.6) is 0 Å². The molecule has 7 rings (SSSR count). The van der Waals surface area contributed by atoms with E-state index in [1.807, 2.05) is 98.9 Å². The summed E-state index contributed by atoms with van der Waals surface area (Å²) in [5, 5.41) is 10.4. The van der Waals surface area contributed by atoms with E-state index in [0.717, 1.165) is 55.7 Å².